The first-order valence-corrected chi connectivity index (χ1v) is 10.7. The summed E-state index contributed by atoms with van der Waals surface area (Å²) in [5.74, 6) is 0.517. The molecule has 0 aliphatic rings. The van der Waals surface area contributed by atoms with E-state index in [1.807, 2.05) is 54.6 Å². The third-order valence-corrected chi connectivity index (χ3v) is 5.12. The van der Waals surface area contributed by atoms with Crippen molar-refractivity contribution < 1.29 is 9.53 Å². The first-order chi connectivity index (χ1) is 14.2. The smallest absolute Gasteiger partial charge is 0.271 e. The number of rotatable bonds is 9. The van der Waals surface area contributed by atoms with Gasteiger partial charge in [-0.05, 0) is 41.5 Å². The van der Waals surface area contributed by atoms with Crippen LogP contribution in [0.5, 0.6) is 5.75 Å². The monoisotopic (exact) mass is 452 g/mol. The minimum absolute atomic E-state index is 0.241. The molecule has 0 aliphatic carbocycles. The Hall–Kier alpha value is -2.66. The molecular formula is C24H25BrN2O2. The predicted molar refractivity (Wildman–Crippen MR) is 123 cm³/mol. The van der Waals surface area contributed by atoms with Crippen LogP contribution < -0.4 is 10.2 Å². The number of fused-ring (bicyclic) bond motifs is 1. The Morgan fingerprint density at radius 3 is 2.76 bits per heavy atom. The first kappa shape index (κ1) is 21.1. The van der Waals surface area contributed by atoms with Gasteiger partial charge >= 0.3 is 0 Å². The molecule has 1 N–H and O–H groups in total. The summed E-state index contributed by atoms with van der Waals surface area (Å²) in [4.78, 5) is 12.6. The van der Waals surface area contributed by atoms with Crippen molar-refractivity contribution in [3.05, 3.63) is 76.3 Å². The fraction of sp³-hybridized carbons (Fsp3) is 0.250. The Balaban J connectivity index is 1.67. The predicted octanol–water partition coefficient (Wildman–Crippen LogP) is 6.33. The second-order valence-electron chi connectivity index (χ2n) is 6.82. The summed E-state index contributed by atoms with van der Waals surface area (Å²) in [6, 6.07) is 19.2. The number of ether oxygens (including phenoxy) is 1. The molecule has 0 saturated carbocycles. The lowest BCUT2D eigenvalue weighted by Crippen LogP contribution is -2.18. The zero-order valence-electron chi connectivity index (χ0n) is 16.5. The number of hydrogen-bond acceptors (Lipinski definition) is 3. The summed E-state index contributed by atoms with van der Waals surface area (Å²) in [6.07, 6.45) is 6.23. The van der Waals surface area contributed by atoms with Crippen LogP contribution in [0.2, 0.25) is 0 Å². The number of halogens is 1. The zero-order valence-corrected chi connectivity index (χ0v) is 18.1. The molecule has 3 rings (SSSR count). The quantitative estimate of drug-likeness (QED) is 0.234. The Kier molecular flexibility index (Phi) is 7.82. The van der Waals surface area contributed by atoms with Gasteiger partial charge in [0, 0.05) is 15.6 Å². The number of amides is 1. The van der Waals surface area contributed by atoms with Crippen molar-refractivity contribution >= 4 is 38.8 Å². The third-order valence-electron chi connectivity index (χ3n) is 4.63. The second kappa shape index (κ2) is 10.8. The maximum Gasteiger partial charge on any atom is 0.271 e. The second-order valence-corrected chi connectivity index (χ2v) is 7.73. The highest BCUT2D eigenvalue weighted by Crippen LogP contribution is 2.22. The van der Waals surface area contributed by atoms with Crippen molar-refractivity contribution in [1.82, 2.24) is 5.43 Å². The molecule has 0 spiro atoms. The molecular weight excluding hydrogens is 428 g/mol. The van der Waals surface area contributed by atoms with Crippen LogP contribution in [0.4, 0.5) is 0 Å². The van der Waals surface area contributed by atoms with Crippen LogP contribution in [0.25, 0.3) is 10.8 Å². The maximum atomic E-state index is 12.6. The summed E-state index contributed by atoms with van der Waals surface area (Å²) in [6.45, 7) is 2.86. The van der Waals surface area contributed by atoms with Crippen molar-refractivity contribution in [1.29, 1.82) is 0 Å². The van der Waals surface area contributed by atoms with Crippen LogP contribution in [0.1, 0.15) is 48.5 Å². The van der Waals surface area contributed by atoms with E-state index in [1.165, 1.54) is 12.8 Å². The first-order valence-electron chi connectivity index (χ1n) is 9.92. The summed E-state index contributed by atoms with van der Waals surface area (Å²) in [7, 11) is 0. The molecule has 3 aromatic rings. The van der Waals surface area contributed by atoms with Gasteiger partial charge in [0.2, 0.25) is 0 Å². The van der Waals surface area contributed by atoms with Gasteiger partial charge in [-0.15, -0.1) is 0 Å². The molecule has 0 saturated heterocycles. The summed E-state index contributed by atoms with van der Waals surface area (Å²) in [5.41, 5.74) is 4.04. The van der Waals surface area contributed by atoms with E-state index in [-0.39, 0.29) is 5.91 Å². The van der Waals surface area contributed by atoms with Crippen molar-refractivity contribution in [2.75, 3.05) is 6.61 Å². The normalized spacial score (nSPS) is 11.1. The molecule has 150 valence electrons. The van der Waals surface area contributed by atoms with Crippen LogP contribution in [0, 0.1) is 0 Å². The maximum absolute atomic E-state index is 12.6. The molecule has 0 atom stereocenters. The van der Waals surface area contributed by atoms with Gasteiger partial charge in [-0.1, -0.05) is 78.5 Å². The highest BCUT2D eigenvalue weighted by Gasteiger charge is 2.09. The van der Waals surface area contributed by atoms with E-state index >= 15 is 0 Å². The number of hydrogen-bond donors (Lipinski definition) is 1. The van der Waals surface area contributed by atoms with E-state index in [4.69, 9.17) is 4.74 Å². The van der Waals surface area contributed by atoms with Crippen molar-refractivity contribution in [2.24, 2.45) is 5.10 Å². The van der Waals surface area contributed by atoms with Gasteiger partial charge in [-0.25, -0.2) is 5.43 Å². The van der Waals surface area contributed by atoms with Crippen LogP contribution in [-0.4, -0.2) is 18.7 Å². The number of benzene rings is 3. The third kappa shape index (κ3) is 5.91. The van der Waals surface area contributed by atoms with Gasteiger partial charge < -0.3 is 4.74 Å². The molecule has 29 heavy (non-hydrogen) atoms. The fourth-order valence-corrected chi connectivity index (χ4v) is 3.49. The van der Waals surface area contributed by atoms with Crippen LogP contribution >= 0.6 is 15.9 Å². The van der Waals surface area contributed by atoms with Crippen LogP contribution in [-0.2, 0) is 0 Å². The number of nitrogens with zero attached hydrogens (tertiary/aromatic N) is 1. The molecule has 0 radical (unpaired) electrons. The van der Waals surface area contributed by atoms with Crippen molar-refractivity contribution in [3.63, 3.8) is 0 Å². The van der Waals surface area contributed by atoms with E-state index in [0.717, 1.165) is 39.4 Å². The largest absolute Gasteiger partial charge is 0.493 e. The van der Waals surface area contributed by atoms with Gasteiger partial charge in [-0.3, -0.25) is 4.79 Å². The number of nitrogens with one attached hydrogen (secondary N) is 1. The minimum atomic E-state index is -0.241. The molecule has 0 heterocycles. The van der Waals surface area contributed by atoms with Crippen LogP contribution in [0.15, 0.2) is 70.2 Å². The molecule has 0 aromatic heterocycles. The van der Waals surface area contributed by atoms with Gasteiger partial charge in [0.25, 0.3) is 5.91 Å². The van der Waals surface area contributed by atoms with Gasteiger partial charge in [-0.2, -0.15) is 5.10 Å². The highest BCUT2D eigenvalue weighted by atomic mass is 79.9. The number of unbranched alkanes of at least 4 members (excludes halogenated alkanes) is 3. The number of hydrazone groups is 1. The molecule has 0 bridgehead atoms. The van der Waals surface area contributed by atoms with Crippen LogP contribution in [0.3, 0.4) is 0 Å². The fourth-order valence-electron chi connectivity index (χ4n) is 3.11. The van der Waals surface area contributed by atoms with Crippen molar-refractivity contribution in [3.8, 4) is 5.75 Å². The minimum Gasteiger partial charge on any atom is -0.493 e. The van der Waals surface area contributed by atoms with Crippen molar-refractivity contribution in [2.45, 2.75) is 32.6 Å². The van der Waals surface area contributed by atoms with E-state index in [9.17, 15) is 4.79 Å². The SMILES string of the molecule is CCCCCCOc1ccc(Br)cc1C=NNC(=O)c1cccc2ccccc12. The average Bonchev–Trinajstić information content (AvgIpc) is 2.74. The average molecular weight is 453 g/mol. The topological polar surface area (TPSA) is 50.7 Å². The van der Waals surface area contributed by atoms with E-state index in [1.54, 1.807) is 12.3 Å². The standard InChI is InChI=1S/C24H25BrN2O2/c1-2-3-4-7-15-29-23-14-13-20(25)16-19(23)17-26-27-24(28)22-12-8-10-18-9-5-6-11-21(18)22/h5-6,8-14,16-17H,2-4,7,15H2,1H3,(H,27,28). The number of carbonyl (C=O) groups is 1. The lowest BCUT2D eigenvalue weighted by molar-refractivity contribution is 0.0957. The lowest BCUT2D eigenvalue weighted by atomic mass is 10.0. The molecule has 0 aliphatic heterocycles. The molecule has 0 fully saturated rings. The van der Waals surface area contributed by atoms with E-state index < -0.39 is 0 Å². The van der Waals surface area contributed by atoms with E-state index in [0.29, 0.717) is 12.2 Å². The summed E-state index contributed by atoms with van der Waals surface area (Å²) < 4.78 is 6.84. The summed E-state index contributed by atoms with van der Waals surface area (Å²) in [5, 5.41) is 6.09. The Labute approximate surface area is 180 Å². The Bertz CT molecular complexity index is 996. The zero-order chi connectivity index (χ0) is 20.5. The summed E-state index contributed by atoms with van der Waals surface area (Å²) >= 11 is 3.48. The highest BCUT2D eigenvalue weighted by molar-refractivity contribution is 9.10. The Morgan fingerprint density at radius 2 is 1.90 bits per heavy atom. The Morgan fingerprint density at radius 1 is 1.07 bits per heavy atom. The molecule has 4 nitrogen and oxygen atoms in total. The van der Waals surface area contributed by atoms with Gasteiger partial charge in [0.05, 0.1) is 12.8 Å². The van der Waals surface area contributed by atoms with Gasteiger partial charge in [0.15, 0.2) is 0 Å². The molecule has 0 unspecified atom stereocenters. The van der Waals surface area contributed by atoms with Gasteiger partial charge in [0.1, 0.15) is 5.75 Å². The lowest BCUT2D eigenvalue weighted by Gasteiger charge is -2.09. The molecule has 1 amide bonds. The van der Waals surface area contributed by atoms with E-state index in [2.05, 4.69) is 33.4 Å². The molecule has 5 heteroatoms. The molecule has 3 aromatic carbocycles. The number of carbonyl (C=O) groups excluding carboxylic acids is 1.